The predicted octanol–water partition coefficient (Wildman–Crippen LogP) is 1.75. The molecule has 1 heterocycles. The van der Waals surface area contributed by atoms with E-state index in [4.69, 9.17) is 4.74 Å². The van der Waals surface area contributed by atoms with Gasteiger partial charge >= 0.3 is 5.97 Å². The predicted molar refractivity (Wildman–Crippen MR) is 74.6 cm³/mol. The number of hydrogen-bond donors (Lipinski definition) is 0. The molecule has 0 aliphatic heterocycles. The van der Waals surface area contributed by atoms with Gasteiger partial charge in [-0.3, -0.25) is 4.79 Å². The number of hydrogen-bond acceptors (Lipinski definition) is 6. The number of rotatable bonds is 6. The van der Waals surface area contributed by atoms with Crippen LogP contribution in [-0.2, 0) is 21.8 Å². The molecule has 0 saturated carbocycles. The lowest BCUT2D eigenvalue weighted by Crippen LogP contribution is -2.11. The highest BCUT2D eigenvalue weighted by Crippen LogP contribution is 2.23. The van der Waals surface area contributed by atoms with Crippen LogP contribution in [0.2, 0.25) is 0 Å². The summed E-state index contributed by atoms with van der Waals surface area (Å²) in [5, 5.41) is 7.89. The Bertz CT molecular complexity index is 568. The Kier molecular flexibility index (Phi) is 5.00. The van der Waals surface area contributed by atoms with Gasteiger partial charge in [-0.1, -0.05) is 5.21 Å². The fourth-order valence-corrected chi connectivity index (χ4v) is 2.28. The van der Waals surface area contributed by atoms with E-state index in [2.05, 4.69) is 15.0 Å². The van der Waals surface area contributed by atoms with Gasteiger partial charge in [-0.15, -0.1) is 16.9 Å². The van der Waals surface area contributed by atoms with E-state index < -0.39 is 0 Å². The zero-order chi connectivity index (χ0) is 14.4. The molecule has 2 aromatic rings. The van der Waals surface area contributed by atoms with E-state index in [1.807, 2.05) is 24.3 Å². The molecule has 2 rings (SSSR count). The maximum Gasteiger partial charge on any atom is 0.327 e. The second kappa shape index (κ2) is 6.95. The van der Waals surface area contributed by atoms with E-state index in [1.54, 1.807) is 25.1 Å². The zero-order valence-electron chi connectivity index (χ0n) is 11.3. The van der Waals surface area contributed by atoms with Crippen molar-refractivity contribution in [1.29, 1.82) is 0 Å². The highest BCUT2D eigenvalue weighted by atomic mass is 32.2. The first-order chi connectivity index (χ1) is 9.71. The fraction of sp³-hybridized carbons (Fsp3) is 0.308. The number of methoxy groups -OCH3 is 2. The number of carbonyl (C=O) groups excluding carboxylic acids is 1. The van der Waals surface area contributed by atoms with Crippen LogP contribution in [0.3, 0.4) is 0 Å². The molecular formula is C13H15N3O3S. The molecule has 0 radical (unpaired) electrons. The van der Waals surface area contributed by atoms with Crippen molar-refractivity contribution in [2.75, 3.05) is 14.2 Å². The Morgan fingerprint density at radius 2 is 2.05 bits per heavy atom. The summed E-state index contributed by atoms with van der Waals surface area (Å²) < 4.78 is 11.1. The Hall–Kier alpha value is -2.02. The molecule has 0 atom stereocenters. The largest absolute Gasteiger partial charge is 0.497 e. The standard InChI is InChI=1S/C13H15N3O3S/c1-18-11-3-5-12(6-4-11)20-9-10-7-16(15-14-10)8-13(17)19-2/h3-7H,8-9H2,1-2H3. The first kappa shape index (κ1) is 14.4. The second-order valence-electron chi connectivity index (χ2n) is 3.95. The van der Waals surface area contributed by atoms with E-state index in [-0.39, 0.29) is 12.5 Å². The maximum absolute atomic E-state index is 11.1. The highest BCUT2D eigenvalue weighted by molar-refractivity contribution is 7.98. The third-order valence-corrected chi connectivity index (χ3v) is 3.60. The quantitative estimate of drug-likeness (QED) is 0.597. The maximum atomic E-state index is 11.1. The van der Waals surface area contributed by atoms with Crippen LogP contribution >= 0.6 is 11.8 Å². The average molecular weight is 293 g/mol. The molecule has 0 N–H and O–H groups in total. The van der Waals surface area contributed by atoms with Gasteiger partial charge in [0.25, 0.3) is 0 Å². The first-order valence-corrected chi connectivity index (χ1v) is 6.92. The van der Waals surface area contributed by atoms with Crippen LogP contribution in [0.15, 0.2) is 35.4 Å². The summed E-state index contributed by atoms with van der Waals surface area (Å²) in [5.74, 6) is 1.18. The summed E-state index contributed by atoms with van der Waals surface area (Å²) in [6.07, 6.45) is 1.74. The number of ether oxygens (including phenoxy) is 2. The molecule has 1 aromatic carbocycles. The van der Waals surface area contributed by atoms with Gasteiger partial charge in [0.2, 0.25) is 0 Å². The zero-order valence-corrected chi connectivity index (χ0v) is 12.1. The normalized spacial score (nSPS) is 10.3. The van der Waals surface area contributed by atoms with Crippen molar-refractivity contribution in [3.8, 4) is 5.75 Å². The van der Waals surface area contributed by atoms with Gasteiger partial charge in [0.05, 0.1) is 19.9 Å². The monoisotopic (exact) mass is 293 g/mol. The summed E-state index contributed by atoms with van der Waals surface area (Å²) in [5.41, 5.74) is 0.815. The van der Waals surface area contributed by atoms with Gasteiger partial charge in [0.1, 0.15) is 12.3 Å². The van der Waals surface area contributed by atoms with Crippen LogP contribution in [-0.4, -0.2) is 35.2 Å². The third-order valence-electron chi connectivity index (χ3n) is 2.55. The van der Waals surface area contributed by atoms with E-state index in [0.717, 1.165) is 16.3 Å². The van der Waals surface area contributed by atoms with Crippen molar-refractivity contribution < 1.29 is 14.3 Å². The molecule has 0 fully saturated rings. The van der Waals surface area contributed by atoms with Crippen LogP contribution in [0.4, 0.5) is 0 Å². The van der Waals surface area contributed by atoms with Crippen LogP contribution in [0.25, 0.3) is 0 Å². The molecule has 7 heteroatoms. The highest BCUT2D eigenvalue weighted by Gasteiger charge is 2.06. The molecule has 0 saturated heterocycles. The summed E-state index contributed by atoms with van der Waals surface area (Å²) in [6.45, 7) is 0.0801. The molecule has 0 aliphatic rings. The van der Waals surface area contributed by atoms with Gasteiger partial charge < -0.3 is 9.47 Å². The number of nitrogens with zero attached hydrogens (tertiary/aromatic N) is 3. The van der Waals surface area contributed by atoms with Crippen molar-refractivity contribution in [2.45, 2.75) is 17.2 Å². The molecule has 6 nitrogen and oxygen atoms in total. The molecule has 20 heavy (non-hydrogen) atoms. The lowest BCUT2D eigenvalue weighted by molar-refractivity contribution is -0.141. The Labute approximate surface area is 121 Å². The van der Waals surface area contributed by atoms with E-state index >= 15 is 0 Å². The van der Waals surface area contributed by atoms with Crippen molar-refractivity contribution in [2.24, 2.45) is 0 Å². The molecular weight excluding hydrogens is 278 g/mol. The van der Waals surface area contributed by atoms with E-state index in [9.17, 15) is 4.79 Å². The molecule has 0 unspecified atom stereocenters. The van der Waals surface area contributed by atoms with E-state index in [0.29, 0.717) is 5.75 Å². The summed E-state index contributed by atoms with van der Waals surface area (Å²) in [6, 6.07) is 7.80. The van der Waals surface area contributed by atoms with Crippen molar-refractivity contribution in [3.63, 3.8) is 0 Å². The molecule has 0 amide bonds. The number of esters is 1. The van der Waals surface area contributed by atoms with Crippen LogP contribution < -0.4 is 4.74 Å². The van der Waals surface area contributed by atoms with Crippen LogP contribution in [0.1, 0.15) is 5.69 Å². The topological polar surface area (TPSA) is 66.2 Å². The van der Waals surface area contributed by atoms with Gasteiger partial charge in [0.15, 0.2) is 0 Å². The third kappa shape index (κ3) is 3.99. The van der Waals surface area contributed by atoms with Crippen molar-refractivity contribution >= 4 is 17.7 Å². The van der Waals surface area contributed by atoms with Gasteiger partial charge in [0, 0.05) is 16.8 Å². The minimum atomic E-state index is -0.343. The van der Waals surface area contributed by atoms with Gasteiger partial charge in [-0.05, 0) is 24.3 Å². The number of benzene rings is 1. The minimum absolute atomic E-state index is 0.0801. The second-order valence-corrected chi connectivity index (χ2v) is 5.00. The fourth-order valence-electron chi connectivity index (χ4n) is 1.51. The summed E-state index contributed by atoms with van der Waals surface area (Å²) >= 11 is 1.64. The first-order valence-electron chi connectivity index (χ1n) is 5.94. The van der Waals surface area contributed by atoms with Crippen LogP contribution in [0.5, 0.6) is 5.75 Å². The Balaban J connectivity index is 1.88. The Morgan fingerprint density at radius 3 is 2.70 bits per heavy atom. The van der Waals surface area contributed by atoms with Crippen LogP contribution in [0, 0.1) is 0 Å². The average Bonchev–Trinajstić information content (AvgIpc) is 2.93. The summed E-state index contributed by atoms with van der Waals surface area (Å²) in [4.78, 5) is 12.2. The lowest BCUT2D eigenvalue weighted by Gasteiger charge is -2.01. The number of carbonyl (C=O) groups is 1. The SMILES string of the molecule is COC(=O)Cn1cc(CSc2ccc(OC)cc2)nn1. The van der Waals surface area contributed by atoms with Gasteiger partial charge in [-0.25, -0.2) is 4.68 Å². The number of aromatic nitrogens is 3. The number of thioether (sulfide) groups is 1. The molecule has 0 bridgehead atoms. The van der Waals surface area contributed by atoms with E-state index in [1.165, 1.54) is 11.8 Å². The summed E-state index contributed by atoms with van der Waals surface area (Å²) in [7, 11) is 2.99. The van der Waals surface area contributed by atoms with Gasteiger partial charge in [-0.2, -0.15) is 0 Å². The van der Waals surface area contributed by atoms with Crippen molar-refractivity contribution in [3.05, 3.63) is 36.2 Å². The molecule has 106 valence electrons. The lowest BCUT2D eigenvalue weighted by atomic mass is 10.3. The smallest absolute Gasteiger partial charge is 0.327 e. The molecule has 1 aromatic heterocycles. The van der Waals surface area contributed by atoms with Crippen molar-refractivity contribution in [1.82, 2.24) is 15.0 Å². The molecule has 0 spiro atoms. The minimum Gasteiger partial charge on any atom is -0.497 e. The molecule has 0 aliphatic carbocycles. The Morgan fingerprint density at radius 1 is 1.30 bits per heavy atom.